The molecule has 0 heterocycles. The van der Waals surface area contributed by atoms with E-state index in [4.69, 9.17) is 10.8 Å². The first-order valence-corrected chi connectivity index (χ1v) is 12.1. The number of primary amides is 1. The van der Waals surface area contributed by atoms with Crippen molar-refractivity contribution in [3.05, 3.63) is 35.9 Å². The van der Waals surface area contributed by atoms with Crippen molar-refractivity contribution in [3.63, 3.8) is 0 Å². The number of nitrogens with one attached hydrogen (secondary N) is 4. The van der Waals surface area contributed by atoms with Crippen LogP contribution in [0.25, 0.3) is 0 Å². The average Bonchev–Trinajstić information content (AvgIpc) is 2.83. The van der Waals surface area contributed by atoms with E-state index in [1.807, 2.05) is 13.8 Å². The molecule has 1 aromatic rings. The van der Waals surface area contributed by atoms with Crippen molar-refractivity contribution in [1.29, 1.82) is 0 Å². The van der Waals surface area contributed by atoms with E-state index >= 15 is 0 Å². The third-order valence-corrected chi connectivity index (χ3v) is 5.71. The second-order valence-corrected chi connectivity index (χ2v) is 9.26. The SMILES string of the molecule is CC[C@H](C)C(NC(=O)[C@H](CC(C)C)NC(=O)O)C(=O)C(=O)NCC(=O)NC(Cc1ccccc1)C(N)=O. The number of carboxylic acid groups (broad SMARTS) is 1. The predicted molar refractivity (Wildman–Crippen MR) is 135 cm³/mol. The van der Waals surface area contributed by atoms with E-state index < -0.39 is 66.1 Å². The van der Waals surface area contributed by atoms with Crippen molar-refractivity contribution < 1.29 is 33.9 Å². The zero-order valence-corrected chi connectivity index (χ0v) is 21.6. The van der Waals surface area contributed by atoms with E-state index in [1.165, 1.54) is 0 Å². The summed E-state index contributed by atoms with van der Waals surface area (Å²) in [6.45, 7) is 6.44. The molecule has 0 saturated carbocycles. The van der Waals surface area contributed by atoms with Crippen LogP contribution in [0.5, 0.6) is 0 Å². The maximum Gasteiger partial charge on any atom is 0.405 e. The van der Waals surface area contributed by atoms with Gasteiger partial charge in [0.2, 0.25) is 23.5 Å². The Morgan fingerprint density at radius 2 is 1.54 bits per heavy atom. The first kappa shape index (κ1) is 31.1. The Labute approximate surface area is 216 Å². The number of benzene rings is 1. The zero-order chi connectivity index (χ0) is 28.1. The number of nitrogens with two attached hydrogens (primary N) is 1. The highest BCUT2D eigenvalue weighted by Crippen LogP contribution is 2.11. The van der Waals surface area contributed by atoms with E-state index in [-0.39, 0.29) is 18.8 Å². The molecular weight excluding hydrogens is 482 g/mol. The van der Waals surface area contributed by atoms with Crippen LogP contribution in [0.4, 0.5) is 4.79 Å². The summed E-state index contributed by atoms with van der Waals surface area (Å²) in [5.41, 5.74) is 6.15. The minimum absolute atomic E-state index is 0.0201. The molecule has 0 aromatic heterocycles. The molecule has 7 N–H and O–H groups in total. The molecule has 1 aromatic carbocycles. The van der Waals surface area contributed by atoms with Crippen LogP contribution in [0.3, 0.4) is 0 Å². The third kappa shape index (κ3) is 11.1. The molecule has 0 aliphatic carbocycles. The lowest BCUT2D eigenvalue weighted by Crippen LogP contribution is -2.56. The molecule has 0 fully saturated rings. The minimum atomic E-state index is -1.39. The maximum absolute atomic E-state index is 12.9. The van der Waals surface area contributed by atoms with Crippen LogP contribution in [-0.4, -0.2) is 65.3 Å². The van der Waals surface area contributed by atoms with Crippen LogP contribution in [0, 0.1) is 11.8 Å². The van der Waals surface area contributed by atoms with Gasteiger partial charge in [-0.1, -0.05) is 64.4 Å². The van der Waals surface area contributed by atoms with E-state index in [9.17, 15) is 28.8 Å². The van der Waals surface area contributed by atoms with Crippen LogP contribution in [-0.2, 0) is 30.4 Å². The highest BCUT2D eigenvalue weighted by Gasteiger charge is 2.33. The molecule has 12 nitrogen and oxygen atoms in total. The summed E-state index contributed by atoms with van der Waals surface area (Å²) in [6.07, 6.45) is -0.613. The quantitative estimate of drug-likeness (QED) is 0.177. The van der Waals surface area contributed by atoms with E-state index in [0.717, 1.165) is 5.56 Å². The molecule has 0 spiro atoms. The number of ketones is 1. The number of Topliss-reactive ketones (excluding diaryl/α,β-unsaturated/α-hetero) is 1. The number of amides is 5. The summed E-state index contributed by atoms with van der Waals surface area (Å²) in [5.74, 6) is -4.78. The lowest BCUT2D eigenvalue weighted by atomic mass is 9.94. The van der Waals surface area contributed by atoms with Gasteiger partial charge in [-0.2, -0.15) is 0 Å². The Hall–Kier alpha value is -3.96. The van der Waals surface area contributed by atoms with Gasteiger partial charge in [-0.05, 0) is 23.8 Å². The molecule has 4 atom stereocenters. The van der Waals surface area contributed by atoms with Crippen LogP contribution < -0.4 is 27.0 Å². The smallest absolute Gasteiger partial charge is 0.405 e. The lowest BCUT2D eigenvalue weighted by molar-refractivity contribution is -0.141. The Morgan fingerprint density at radius 1 is 0.919 bits per heavy atom. The van der Waals surface area contributed by atoms with Gasteiger partial charge in [0, 0.05) is 6.42 Å². The standard InChI is InChI=1S/C25H37N5O7/c1-5-15(4)20(30-23(34)18(11-14(2)3)29-25(36)37)21(32)24(35)27-13-19(31)28-17(22(26)33)12-16-9-7-6-8-10-16/h6-10,14-15,17-18,20,29H,5,11-13H2,1-4H3,(H2,26,33)(H,27,35)(H,28,31)(H,30,34)(H,36,37)/t15-,17?,18-,20?/m0/s1. The van der Waals surface area contributed by atoms with Crippen LogP contribution >= 0.6 is 0 Å². The number of carbonyl (C=O) groups is 6. The fourth-order valence-corrected chi connectivity index (χ4v) is 3.51. The van der Waals surface area contributed by atoms with Gasteiger partial charge < -0.3 is 32.1 Å². The lowest BCUT2D eigenvalue weighted by Gasteiger charge is -2.26. The van der Waals surface area contributed by atoms with Gasteiger partial charge in [0.25, 0.3) is 5.91 Å². The normalized spacial score (nSPS) is 14.0. The van der Waals surface area contributed by atoms with Gasteiger partial charge >= 0.3 is 6.09 Å². The highest BCUT2D eigenvalue weighted by atomic mass is 16.4. The fourth-order valence-electron chi connectivity index (χ4n) is 3.51. The Kier molecular flexibility index (Phi) is 12.8. The van der Waals surface area contributed by atoms with Gasteiger partial charge in [-0.25, -0.2) is 4.79 Å². The second kappa shape index (κ2) is 15.2. The van der Waals surface area contributed by atoms with Crippen LogP contribution in [0.15, 0.2) is 30.3 Å². The summed E-state index contributed by atoms with van der Waals surface area (Å²) in [5, 5.41) is 18.3. The summed E-state index contributed by atoms with van der Waals surface area (Å²) < 4.78 is 0. The van der Waals surface area contributed by atoms with Crippen molar-refractivity contribution in [1.82, 2.24) is 21.3 Å². The molecule has 2 unspecified atom stereocenters. The molecule has 5 amide bonds. The van der Waals surface area contributed by atoms with Crippen molar-refractivity contribution in [2.45, 2.75) is 65.1 Å². The van der Waals surface area contributed by atoms with Crippen molar-refractivity contribution in [3.8, 4) is 0 Å². The molecule has 12 heteroatoms. The predicted octanol–water partition coefficient (Wildman–Crippen LogP) is 0.0977. The molecule has 0 aliphatic heterocycles. The van der Waals surface area contributed by atoms with Gasteiger partial charge in [-0.15, -0.1) is 0 Å². The Bertz CT molecular complexity index is 967. The molecular formula is C25H37N5O7. The van der Waals surface area contributed by atoms with E-state index in [1.54, 1.807) is 44.2 Å². The summed E-state index contributed by atoms with van der Waals surface area (Å²) in [6, 6.07) is 5.52. The summed E-state index contributed by atoms with van der Waals surface area (Å²) in [7, 11) is 0. The average molecular weight is 520 g/mol. The van der Waals surface area contributed by atoms with Crippen molar-refractivity contribution >= 4 is 35.5 Å². The minimum Gasteiger partial charge on any atom is -0.465 e. The highest BCUT2D eigenvalue weighted by molar-refractivity contribution is 6.38. The first-order valence-electron chi connectivity index (χ1n) is 12.1. The maximum atomic E-state index is 12.9. The second-order valence-electron chi connectivity index (χ2n) is 9.26. The van der Waals surface area contributed by atoms with Gasteiger partial charge in [0.15, 0.2) is 0 Å². The van der Waals surface area contributed by atoms with Gasteiger partial charge in [-0.3, -0.25) is 24.0 Å². The number of carbonyl (C=O) groups excluding carboxylic acids is 5. The number of rotatable bonds is 15. The van der Waals surface area contributed by atoms with Gasteiger partial charge in [0.05, 0.1) is 12.6 Å². The summed E-state index contributed by atoms with van der Waals surface area (Å²) in [4.78, 5) is 73.3. The third-order valence-electron chi connectivity index (χ3n) is 5.71. The molecule has 1 rings (SSSR count). The zero-order valence-electron chi connectivity index (χ0n) is 21.6. The van der Waals surface area contributed by atoms with Crippen LogP contribution in [0.1, 0.15) is 46.1 Å². The number of hydrogen-bond acceptors (Lipinski definition) is 6. The number of hydrogen-bond donors (Lipinski definition) is 6. The van der Waals surface area contributed by atoms with Crippen molar-refractivity contribution in [2.75, 3.05) is 6.54 Å². The largest absolute Gasteiger partial charge is 0.465 e. The Balaban J connectivity index is 2.81. The van der Waals surface area contributed by atoms with Gasteiger partial charge in [0.1, 0.15) is 12.1 Å². The fraction of sp³-hybridized carbons (Fsp3) is 0.520. The van der Waals surface area contributed by atoms with Crippen molar-refractivity contribution in [2.24, 2.45) is 17.6 Å². The molecule has 0 radical (unpaired) electrons. The monoisotopic (exact) mass is 519 g/mol. The summed E-state index contributed by atoms with van der Waals surface area (Å²) >= 11 is 0. The molecule has 204 valence electrons. The van der Waals surface area contributed by atoms with Crippen LogP contribution in [0.2, 0.25) is 0 Å². The molecule has 37 heavy (non-hydrogen) atoms. The topological polar surface area (TPSA) is 197 Å². The molecule has 0 aliphatic rings. The first-order chi connectivity index (χ1) is 17.3. The molecule has 0 bridgehead atoms. The van der Waals surface area contributed by atoms with E-state index in [0.29, 0.717) is 6.42 Å². The van der Waals surface area contributed by atoms with E-state index in [2.05, 4.69) is 21.3 Å². The molecule has 0 saturated heterocycles. The Morgan fingerprint density at radius 3 is 2.05 bits per heavy atom.